The summed E-state index contributed by atoms with van der Waals surface area (Å²) in [6.07, 6.45) is -1.49. The second kappa shape index (κ2) is 5.36. The molecule has 22 heavy (non-hydrogen) atoms. The fourth-order valence-corrected chi connectivity index (χ4v) is 2.90. The zero-order valence-electron chi connectivity index (χ0n) is 12.2. The van der Waals surface area contributed by atoms with Crippen LogP contribution in [0.1, 0.15) is 11.8 Å². The second-order valence-corrected chi connectivity index (χ2v) is 5.31. The molecule has 0 amide bonds. The Kier molecular flexibility index (Phi) is 3.65. The van der Waals surface area contributed by atoms with Crippen LogP contribution in [-0.4, -0.2) is 56.8 Å². The molecule has 2 aromatic rings. The average Bonchev–Trinajstić information content (AvgIpc) is 2.96. The Morgan fingerprint density at radius 3 is 2.95 bits per heavy atom. The standard InChI is InChI=1S/C13H18N4O5/c1-5-3-17(10-7(5)11(20)16-13(14)15-10)12-9(21-2)8(19)6(4-18)22-12/h3,6,8-9,12,18-19H,4H2,1-2H3,(H3,14,15,16,20)/t6-,8?,9+,12-/m1/s1. The molecule has 3 heterocycles. The van der Waals surface area contributed by atoms with E-state index >= 15 is 0 Å². The minimum absolute atomic E-state index is 0.0110. The normalized spacial score (nSPS) is 28.5. The molecule has 9 heteroatoms. The molecule has 0 aromatic carbocycles. The van der Waals surface area contributed by atoms with E-state index in [4.69, 9.17) is 15.2 Å². The van der Waals surface area contributed by atoms with E-state index in [2.05, 4.69) is 9.97 Å². The fourth-order valence-electron chi connectivity index (χ4n) is 2.90. The third-order valence-corrected chi connectivity index (χ3v) is 3.93. The Morgan fingerprint density at radius 1 is 1.59 bits per heavy atom. The monoisotopic (exact) mass is 310 g/mol. The first kappa shape index (κ1) is 15.0. The number of methoxy groups -OCH3 is 1. The highest BCUT2D eigenvalue weighted by Crippen LogP contribution is 2.34. The van der Waals surface area contributed by atoms with Gasteiger partial charge in [-0.15, -0.1) is 0 Å². The SMILES string of the molecule is CO[C@H]1C(O)[C@@H](CO)O[C@H]1n1cc(C)c2c(=O)[nH]c(N)nc21. The predicted molar refractivity (Wildman–Crippen MR) is 77.3 cm³/mol. The summed E-state index contributed by atoms with van der Waals surface area (Å²) in [7, 11) is 1.44. The van der Waals surface area contributed by atoms with Gasteiger partial charge in [-0.25, -0.2) is 0 Å². The quantitative estimate of drug-likeness (QED) is 0.564. The van der Waals surface area contributed by atoms with Crippen molar-refractivity contribution < 1.29 is 19.7 Å². The molecule has 3 rings (SSSR count). The molecule has 9 nitrogen and oxygen atoms in total. The molecule has 1 aliphatic rings. The van der Waals surface area contributed by atoms with Gasteiger partial charge >= 0.3 is 0 Å². The number of nitrogens with one attached hydrogen (secondary N) is 1. The first-order valence-corrected chi connectivity index (χ1v) is 6.82. The lowest BCUT2D eigenvalue weighted by Gasteiger charge is -2.20. The number of nitrogens with two attached hydrogens (primary N) is 1. The van der Waals surface area contributed by atoms with Crippen molar-refractivity contribution >= 4 is 17.0 Å². The van der Waals surface area contributed by atoms with Crippen molar-refractivity contribution in [3.63, 3.8) is 0 Å². The summed E-state index contributed by atoms with van der Waals surface area (Å²) in [5, 5.41) is 19.8. The number of anilines is 1. The van der Waals surface area contributed by atoms with Gasteiger partial charge in [0.05, 0.1) is 12.0 Å². The number of aromatic nitrogens is 3. The van der Waals surface area contributed by atoms with Crippen LogP contribution in [0.25, 0.3) is 11.0 Å². The zero-order valence-corrected chi connectivity index (χ0v) is 12.2. The van der Waals surface area contributed by atoms with Crippen LogP contribution in [0.2, 0.25) is 0 Å². The maximum atomic E-state index is 12.0. The Balaban J connectivity index is 2.16. The van der Waals surface area contributed by atoms with E-state index in [1.165, 1.54) is 7.11 Å². The van der Waals surface area contributed by atoms with E-state index in [0.29, 0.717) is 16.6 Å². The summed E-state index contributed by atoms with van der Waals surface area (Å²) in [4.78, 5) is 18.6. The summed E-state index contributed by atoms with van der Waals surface area (Å²) in [6.45, 7) is 1.43. The molecule has 0 aliphatic carbocycles. The van der Waals surface area contributed by atoms with Gasteiger partial charge in [0, 0.05) is 13.3 Å². The number of hydrogen-bond acceptors (Lipinski definition) is 7. The minimum atomic E-state index is -0.989. The summed E-state index contributed by atoms with van der Waals surface area (Å²) in [6, 6.07) is 0. The summed E-state index contributed by atoms with van der Waals surface area (Å²) in [5.41, 5.74) is 6.31. The van der Waals surface area contributed by atoms with Gasteiger partial charge in [0.1, 0.15) is 18.3 Å². The number of ether oxygens (including phenoxy) is 2. The number of rotatable bonds is 3. The average molecular weight is 310 g/mol. The van der Waals surface area contributed by atoms with Crippen molar-refractivity contribution in [2.45, 2.75) is 31.5 Å². The van der Waals surface area contributed by atoms with Crippen LogP contribution in [-0.2, 0) is 9.47 Å². The Bertz CT molecular complexity index is 755. The van der Waals surface area contributed by atoms with Crippen LogP contribution in [0.3, 0.4) is 0 Å². The maximum Gasteiger partial charge on any atom is 0.262 e. The van der Waals surface area contributed by atoms with Crippen molar-refractivity contribution in [1.29, 1.82) is 0 Å². The molecule has 0 bridgehead atoms. The molecule has 1 fully saturated rings. The third-order valence-electron chi connectivity index (χ3n) is 3.93. The predicted octanol–water partition coefficient (Wildman–Crippen LogP) is -1.12. The number of nitrogen functional groups attached to an aromatic ring is 1. The summed E-state index contributed by atoms with van der Waals surface area (Å²) in [5.74, 6) is -0.0110. The molecule has 0 spiro atoms. The number of aliphatic hydroxyl groups is 2. The molecule has 4 atom stereocenters. The highest BCUT2D eigenvalue weighted by Gasteiger charge is 2.45. The van der Waals surface area contributed by atoms with E-state index < -0.39 is 24.5 Å². The Hall–Kier alpha value is -1.94. The van der Waals surface area contributed by atoms with Gasteiger partial charge in [0.2, 0.25) is 5.95 Å². The number of nitrogens with zero attached hydrogens (tertiary/aromatic N) is 2. The first-order chi connectivity index (χ1) is 10.5. The van der Waals surface area contributed by atoms with Gasteiger partial charge in [-0.3, -0.25) is 9.78 Å². The van der Waals surface area contributed by atoms with Crippen LogP contribution >= 0.6 is 0 Å². The number of hydrogen-bond donors (Lipinski definition) is 4. The summed E-state index contributed by atoms with van der Waals surface area (Å²) >= 11 is 0. The van der Waals surface area contributed by atoms with Crippen molar-refractivity contribution in [1.82, 2.24) is 14.5 Å². The first-order valence-electron chi connectivity index (χ1n) is 6.82. The molecule has 1 unspecified atom stereocenters. The van der Waals surface area contributed by atoms with Crippen LogP contribution in [0.15, 0.2) is 11.0 Å². The Morgan fingerprint density at radius 2 is 2.32 bits per heavy atom. The van der Waals surface area contributed by atoms with Gasteiger partial charge < -0.3 is 30.0 Å². The molecular weight excluding hydrogens is 292 g/mol. The molecule has 0 radical (unpaired) electrons. The number of aryl methyl sites for hydroxylation is 1. The van der Waals surface area contributed by atoms with Gasteiger partial charge in [-0.05, 0) is 12.5 Å². The molecule has 1 saturated heterocycles. The van der Waals surface area contributed by atoms with Gasteiger partial charge in [0.15, 0.2) is 11.9 Å². The topological polar surface area (TPSA) is 136 Å². The molecule has 120 valence electrons. The molecular formula is C13H18N4O5. The highest BCUT2D eigenvalue weighted by molar-refractivity contribution is 5.80. The van der Waals surface area contributed by atoms with Crippen LogP contribution in [0.5, 0.6) is 0 Å². The van der Waals surface area contributed by atoms with Crippen molar-refractivity contribution in [2.75, 3.05) is 19.5 Å². The van der Waals surface area contributed by atoms with E-state index in [0.717, 1.165) is 0 Å². The molecule has 0 saturated carbocycles. The van der Waals surface area contributed by atoms with Gasteiger partial charge in [-0.2, -0.15) is 4.98 Å². The fraction of sp³-hybridized carbons (Fsp3) is 0.538. The zero-order chi connectivity index (χ0) is 16.0. The van der Waals surface area contributed by atoms with Gasteiger partial charge in [-0.1, -0.05) is 0 Å². The smallest absolute Gasteiger partial charge is 0.262 e. The maximum absolute atomic E-state index is 12.0. The Labute approximate surface area is 125 Å². The summed E-state index contributed by atoms with van der Waals surface area (Å²) < 4.78 is 12.5. The largest absolute Gasteiger partial charge is 0.394 e. The highest BCUT2D eigenvalue weighted by atomic mass is 16.6. The molecule has 1 aliphatic heterocycles. The van der Waals surface area contributed by atoms with E-state index in [1.54, 1.807) is 17.7 Å². The van der Waals surface area contributed by atoms with Crippen molar-refractivity contribution in [2.24, 2.45) is 0 Å². The van der Waals surface area contributed by atoms with E-state index in [9.17, 15) is 15.0 Å². The van der Waals surface area contributed by atoms with Crippen molar-refractivity contribution in [3.8, 4) is 0 Å². The molecule has 5 N–H and O–H groups in total. The lowest BCUT2D eigenvalue weighted by molar-refractivity contribution is -0.0580. The second-order valence-electron chi connectivity index (χ2n) is 5.31. The number of aromatic amines is 1. The number of aliphatic hydroxyl groups excluding tert-OH is 2. The number of fused-ring (bicyclic) bond motifs is 1. The van der Waals surface area contributed by atoms with Crippen LogP contribution in [0, 0.1) is 6.92 Å². The van der Waals surface area contributed by atoms with Crippen LogP contribution < -0.4 is 11.3 Å². The number of H-pyrrole nitrogens is 1. The lowest BCUT2D eigenvalue weighted by atomic mass is 10.1. The van der Waals surface area contributed by atoms with E-state index in [-0.39, 0.29) is 18.1 Å². The third kappa shape index (κ3) is 2.10. The lowest BCUT2D eigenvalue weighted by Crippen LogP contribution is -2.34. The van der Waals surface area contributed by atoms with Gasteiger partial charge in [0.25, 0.3) is 5.56 Å². The van der Waals surface area contributed by atoms with E-state index in [1.807, 2.05) is 0 Å². The molecule has 2 aromatic heterocycles. The minimum Gasteiger partial charge on any atom is -0.394 e. The van der Waals surface area contributed by atoms with Crippen molar-refractivity contribution in [3.05, 3.63) is 22.1 Å². The van der Waals surface area contributed by atoms with Crippen LogP contribution in [0.4, 0.5) is 5.95 Å².